The van der Waals surface area contributed by atoms with Crippen molar-refractivity contribution < 1.29 is 28.8 Å². The van der Waals surface area contributed by atoms with Gasteiger partial charge < -0.3 is 0 Å². The fourth-order valence-electron chi connectivity index (χ4n) is 0.849. The van der Waals surface area contributed by atoms with Gasteiger partial charge in [-0.1, -0.05) is 0 Å². The van der Waals surface area contributed by atoms with Crippen molar-refractivity contribution in [3.63, 3.8) is 0 Å². The van der Waals surface area contributed by atoms with Crippen LogP contribution in [-0.2, 0) is 24.1 Å². The zero-order valence-electron chi connectivity index (χ0n) is 8.03. The van der Waals surface area contributed by atoms with Crippen LogP contribution in [0.4, 0.5) is 0 Å². The minimum atomic E-state index is 0.792. The normalized spacial score (nSPS) is 8.71. The molecule has 72 valence electrons. The summed E-state index contributed by atoms with van der Waals surface area (Å²) in [6.45, 7) is 0. The van der Waals surface area contributed by atoms with E-state index in [4.69, 9.17) is 9.47 Å². The molecule has 0 aliphatic heterocycles. The topological polar surface area (TPSA) is 18.5 Å². The van der Waals surface area contributed by atoms with Crippen molar-refractivity contribution in [3.8, 4) is 17.6 Å². The van der Waals surface area contributed by atoms with Crippen LogP contribution in [0.1, 0.15) is 5.56 Å². The number of hydrogen-bond acceptors (Lipinski definition) is 2. The fourth-order valence-corrected chi connectivity index (χ4v) is 1.03. The van der Waals surface area contributed by atoms with Gasteiger partial charge in [0.2, 0.25) is 0 Å². The average molecular weight is 358 g/mol. The van der Waals surface area contributed by atoms with Crippen LogP contribution in [0.2, 0.25) is 0 Å². The quantitative estimate of drug-likeness (QED) is 0.744. The van der Waals surface area contributed by atoms with E-state index >= 15 is 0 Å². The van der Waals surface area contributed by atoms with Gasteiger partial charge in [0, 0.05) is 0 Å². The number of hydrogen-bond donors (Lipinski definition) is 0. The van der Waals surface area contributed by atoms with Crippen LogP contribution in [0, 0.1) is 11.8 Å². The van der Waals surface area contributed by atoms with Crippen LogP contribution < -0.4 is 4.74 Å². The van der Waals surface area contributed by atoms with Gasteiger partial charge in [0.05, 0.1) is 0 Å². The first-order chi connectivity index (χ1) is 6.76. The molecule has 0 bridgehead atoms. The molecule has 0 saturated heterocycles. The molecular weight excluding hydrogens is 348 g/mol. The second kappa shape index (κ2) is 5.75. The minimum absolute atomic E-state index is 0.792. The maximum absolute atomic E-state index is 5.04. The molecule has 0 aliphatic carbocycles. The summed E-state index contributed by atoms with van der Waals surface area (Å²) >= 11 is 1.24. The summed E-state index contributed by atoms with van der Waals surface area (Å²) < 4.78 is 10.8. The monoisotopic (exact) mass is 358 g/mol. The molecule has 14 heavy (non-hydrogen) atoms. The molecule has 1 rings (SSSR count). The molecule has 3 heteroatoms. The zero-order chi connectivity index (χ0) is 10.4. The molecule has 0 heterocycles. The summed E-state index contributed by atoms with van der Waals surface area (Å²) in [4.78, 5) is 0. The third kappa shape index (κ3) is 3.46. The number of methoxy groups -OCH3 is 2. The van der Waals surface area contributed by atoms with Gasteiger partial charge in [0.15, 0.2) is 0 Å². The molecule has 2 nitrogen and oxygen atoms in total. The number of rotatable bonds is 2. The SMILES string of the molecule is CO[C](=[W])C#Cc1ccc(OC)cc1. The first-order valence-corrected chi connectivity index (χ1v) is 5.47. The molecule has 0 N–H and O–H groups in total. The first-order valence-electron chi connectivity index (χ1n) is 4.00. The molecule has 1 aromatic rings. The Labute approximate surface area is 94.6 Å². The first kappa shape index (κ1) is 11.2. The van der Waals surface area contributed by atoms with E-state index in [1.54, 1.807) is 14.2 Å². The van der Waals surface area contributed by atoms with Crippen LogP contribution in [0.15, 0.2) is 24.3 Å². The molecule has 0 unspecified atom stereocenters. The number of ether oxygens (including phenoxy) is 2. The van der Waals surface area contributed by atoms with Crippen molar-refractivity contribution in [3.05, 3.63) is 29.8 Å². The molecule has 0 fully saturated rings. The predicted octanol–water partition coefficient (Wildman–Crippen LogP) is 1.37. The molecule has 0 amide bonds. The van der Waals surface area contributed by atoms with Gasteiger partial charge in [-0.3, -0.25) is 0 Å². The molecule has 0 saturated carbocycles. The van der Waals surface area contributed by atoms with E-state index in [0.29, 0.717) is 0 Å². The van der Waals surface area contributed by atoms with E-state index < -0.39 is 0 Å². The second-order valence-electron chi connectivity index (χ2n) is 2.47. The second-order valence-corrected chi connectivity index (χ2v) is 3.80. The van der Waals surface area contributed by atoms with Crippen molar-refractivity contribution in [1.82, 2.24) is 0 Å². The average Bonchev–Trinajstić information content (AvgIpc) is 2.26. The van der Waals surface area contributed by atoms with Crippen molar-refractivity contribution in [2.75, 3.05) is 14.2 Å². The van der Waals surface area contributed by atoms with E-state index in [9.17, 15) is 0 Å². The van der Waals surface area contributed by atoms with E-state index in [1.165, 1.54) is 19.4 Å². The Bertz CT molecular complexity index is 371. The third-order valence-electron chi connectivity index (χ3n) is 1.58. The van der Waals surface area contributed by atoms with Gasteiger partial charge in [-0.15, -0.1) is 0 Å². The molecule has 0 atom stereocenters. The summed E-state index contributed by atoms with van der Waals surface area (Å²) in [6, 6.07) is 7.62. The molecule has 0 aromatic heterocycles. The van der Waals surface area contributed by atoms with Crippen molar-refractivity contribution in [2.45, 2.75) is 0 Å². The molecule has 1 aromatic carbocycles. The predicted molar refractivity (Wildman–Crippen MR) is 51.9 cm³/mol. The van der Waals surface area contributed by atoms with Gasteiger partial charge in [0.25, 0.3) is 0 Å². The molecule has 0 spiro atoms. The standard InChI is InChI=1S/C11H10O2.W/c1-12-9-3-4-10-5-7-11(13-2)8-6-10;/h5-8H,1-2H3;. The van der Waals surface area contributed by atoms with Crippen molar-refractivity contribution in [1.29, 1.82) is 0 Å². The van der Waals surface area contributed by atoms with Crippen molar-refractivity contribution in [2.24, 2.45) is 0 Å². The zero-order valence-corrected chi connectivity index (χ0v) is 11.0. The Hall–Kier alpha value is -0.902. The summed E-state index contributed by atoms with van der Waals surface area (Å²) in [5.74, 6) is 6.77. The molecule has 0 radical (unpaired) electrons. The van der Waals surface area contributed by atoms with E-state index in [0.717, 1.165) is 15.4 Å². The van der Waals surface area contributed by atoms with Crippen LogP contribution in [0.5, 0.6) is 5.75 Å². The van der Waals surface area contributed by atoms with Crippen LogP contribution in [0.3, 0.4) is 0 Å². The molecular formula is C11H10O2W. The van der Waals surface area contributed by atoms with Gasteiger partial charge >= 0.3 is 94.6 Å². The van der Waals surface area contributed by atoms with E-state index in [-0.39, 0.29) is 0 Å². The fraction of sp³-hybridized carbons (Fsp3) is 0.182. The Kier molecular flexibility index (Phi) is 4.59. The van der Waals surface area contributed by atoms with Crippen LogP contribution in [0.25, 0.3) is 0 Å². The summed E-state index contributed by atoms with van der Waals surface area (Å²) in [5, 5.41) is 0. The van der Waals surface area contributed by atoms with E-state index in [1.807, 2.05) is 24.3 Å². The van der Waals surface area contributed by atoms with Crippen LogP contribution in [-0.4, -0.2) is 18.3 Å². The van der Waals surface area contributed by atoms with Gasteiger partial charge in [-0.25, -0.2) is 0 Å². The Morgan fingerprint density at radius 3 is 2.36 bits per heavy atom. The Morgan fingerprint density at radius 2 is 1.86 bits per heavy atom. The molecule has 0 aliphatic rings. The number of benzene rings is 1. The van der Waals surface area contributed by atoms with Gasteiger partial charge in [-0.05, 0) is 0 Å². The van der Waals surface area contributed by atoms with Gasteiger partial charge in [-0.2, -0.15) is 0 Å². The Morgan fingerprint density at radius 1 is 1.21 bits per heavy atom. The van der Waals surface area contributed by atoms with E-state index in [2.05, 4.69) is 11.8 Å². The summed E-state index contributed by atoms with van der Waals surface area (Å²) in [5.41, 5.74) is 0.960. The third-order valence-corrected chi connectivity index (χ3v) is 2.55. The van der Waals surface area contributed by atoms with Crippen molar-refractivity contribution >= 4 is 4.08 Å². The maximum atomic E-state index is 5.04. The Balaban J connectivity index is 2.76. The van der Waals surface area contributed by atoms with Crippen LogP contribution >= 0.6 is 0 Å². The van der Waals surface area contributed by atoms with Gasteiger partial charge in [0.1, 0.15) is 0 Å². The summed E-state index contributed by atoms with van der Waals surface area (Å²) in [6.07, 6.45) is 0. The summed E-state index contributed by atoms with van der Waals surface area (Å²) in [7, 11) is 3.28.